The molecular formula is C16H20FNO3. The summed E-state index contributed by atoms with van der Waals surface area (Å²) < 4.78 is 19.1. The number of likely N-dealkylation sites (tertiary alicyclic amines) is 1. The van der Waals surface area contributed by atoms with Gasteiger partial charge in [-0.15, -0.1) is 0 Å². The van der Waals surface area contributed by atoms with Crippen LogP contribution >= 0.6 is 0 Å². The van der Waals surface area contributed by atoms with Crippen molar-refractivity contribution in [1.29, 1.82) is 0 Å². The second kappa shape index (κ2) is 6.70. The van der Waals surface area contributed by atoms with Crippen molar-refractivity contribution in [3.05, 3.63) is 35.1 Å². The van der Waals surface area contributed by atoms with Crippen molar-refractivity contribution in [1.82, 2.24) is 4.90 Å². The number of hydrogen-bond acceptors (Lipinski definition) is 3. The second-order valence-corrected chi connectivity index (χ2v) is 5.20. The minimum Gasteiger partial charge on any atom is -0.464 e. The van der Waals surface area contributed by atoms with Gasteiger partial charge in [0, 0.05) is 6.54 Å². The summed E-state index contributed by atoms with van der Waals surface area (Å²) in [5.41, 5.74) is 0.441. The number of rotatable bonds is 3. The molecule has 0 spiro atoms. The molecule has 0 saturated carbocycles. The summed E-state index contributed by atoms with van der Waals surface area (Å²) >= 11 is 0. The molecule has 1 aliphatic rings. The molecule has 1 unspecified atom stereocenters. The average Bonchev–Trinajstić information content (AvgIpc) is 2.49. The molecule has 5 heteroatoms. The van der Waals surface area contributed by atoms with Crippen LogP contribution in [0.25, 0.3) is 0 Å². The zero-order valence-corrected chi connectivity index (χ0v) is 12.4. The standard InChI is InChI=1S/C16H20FNO3/c1-3-21-16(20)13-9-4-5-10-18(13)15(19)12-8-6-7-11(2)14(12)17/h6-8,13H,3-5,9-10H2,1-2H3. The van der Waals surface area contributed by atoms with Crippen molar-refractivity contribution in [2.75, 3.05) is 13.2 Å². The Kier molecular flexibility index (Phi) is 4.94. The van der Waals surface area contributed by atoms with Crippen LogP contribution in [-0.4, -0.2) is 36.0 Å². The number of esters is 1. The Balaban J connectivity index is 2.26. The van der Waals surface area contributed by atoms with Gasteiger partial charge < -0.3 is 9.64 Å². The number of piperidine rings is 1. The summed E-state index contributed by atoms with van der Waals surface area (Å²) in [6, 6.07) is 4.12. The lowest BCUT2D eigenvalue weighted by Gasteiger charge is -2.34. The largest absolute Gasteiger partial charge is 0.464 e. The Morgan fingerprint density at radius 3 is 2.86 bits per heavy atom. The lowest BCUT2D eigenvalue weighted by molar-refractivity contribution is -0.149. The van der Waals surface area contributed by atoms with Gasteiger partial charge in [-0.3, -0.25) is 4.79 Å². The van der Waals surface area contributed by atoms with E-state index in [4.69, 9.17) is 4.74 Å². The maximum absolute atomic E-state index is 14.1. The molecule has 1 amide bonds. The molecule has 1 fully saturated rings. The Bertz CT molecular complexity index is 544. The maximum Gasteiger partial charge on any atom is 0.328 e. The third-order valence-electron chi connectivity index (χ3n) is 3.74. The van der Waals surface area contributed by atoms with Crippen molar-refractivity contribution in [3.8, 4) is 0 Å². The molecule has 0 radical (unpaired) electrons. The van der Waals surface area contributed by atoms with E-state index in [2.05, 4.69) is 0 Å². The van der Waals surface area contributed by atoms with E-state index >= 15 is 0 Å². The van der Waals surface area contributed by atoms with Crippen LogP contribution in [-0.2, 0) is 9.53 Å². The maximum atomic E-state index is 14.1. The quantitative estimate of drug-likeness (QED) is 0.805. The van der Waals surface area contributed by atoms with Gasteiger partial charge in [-0.25, -0.2) is 9.18 Å². The van der Waals surface area contributed by atoms with E-state index in [1.165, 1.54) is 11.0 Å². The summed E-state index contributed by atoms with van der Waals surface area (Å²) in [5.74, 6) is -1.36. The number of carbonyl (C=O) groups excluding carboxylic acids is 2. The summed E-state index contributed by atoms with van der Waals surface area (Å²) in [5, 5.41) is 0. The van der Waals surface area contributed by atoms with Crippen molar-refractivity contribution in [2.24, 2.45) is 0 Å². The molecule has 21 heavy (non-hydrogen) atoms. The van der Waals surface area contributed by atoms with E-state index in [1.807, 2.05) is 0 Å². The molecule has 4 nitrogen and oxygen atoms in total. The van der Waals surface area contributed by atoms with Crippen molar-refractivity contribution < 1.29 is 18.7 Å². The van der Waals surface area contributed by atoms with E-state index in [0.717, 1.165) is 12.8 Å². The SMILES string of the molecule is CCOC(=O)C1CCCCN1C(=O)c1cccc(C)c1F. The van der Waals surface area contributed by atoms with Crippen molar-refractivity contribution >= 4 is 11.9 Å². The molecular weight excluding hydrogens is 273 g/mol. The molecule has 1 atom stereocenters. The summed E-state index contributed by atoms with van der Waals surface area (Å²) in [7, 11) is 0. The summed E-state index contributed by atoms with van der Waals surface area (Å²) in [6.07, 6.45) is 2.25. The first-order valence-corrected chi connectivity index (χ1v) is 7.29. The Morgan fingerprint density at radius 1 is 1.38 bits per heavy atom. The predicted molar refractivity (Wildman–Crippen MR) is 76.4 cm³/mol. The topological polar surface area (TPSA) is 46.6 Å². The normalized spacial score (nSPS) is 18.4. The average molecular weight is 293 g/mol. The molecule has 0 N–H and O–H groups in total. The second-order valence-electron chi connectivity index (χ2n) is 5.20. The van der Waals surface area contributed by atoms with Gasteiger partial charge in [0.2, 0.25) is 0 Å². The van der Waals surface area contributed by atoms with E-state index in [-0.39, 0.29) is 12.2 Å². The van der Waals surface area contributed by atoms with Crippen LogP contribution < -0.4 is 0 Å². The van der Waals surface area contributed by atoms with Gasteiger partial charge in [0.25, 0.3) is 5.91 Å². The molecule has 1 aromatic rings. The molecule has 1 aliphatic heterocycles. The van der Waals surface area contributed by atoms with Gasteiger partial charge in [-0.2, -0.15) is 0 Å². The minimum atomic E-state index is -0.605. The van der Waals surface area contributed by atoms with E-state index in [9.17, 15) is 14.0 Å². The van der Waals surface area contributed by atoms with Gasteiger partial charge >= 0.3 is 5.97 Å². The molecule has 0 aromatic heterocycles. The van der Waals surface area contributed by atoms with Gasteiger partial charge in [0.1, 0.15) is 11.9 Å². The molecule has 1 heterocycles. The van der Waals surface area contributed by atoms with E-state index in [0.29, 0.717) is 18.5 Å². The summed E-state index contributed by atoms with van der Waals surface area (Å²) in [6.45, 7) is 4.07. The van der Waals surface area contributed by atoms with Crippen molar-refractivity contribution in [3.63, 3.8) is 0 Å². The smallest absolute Gasteiger partial charge is 0.328 e. The predicted octanol–water partition coefficient (Wildman–Crippen LogP) is 2.69. The van der Waals surface area contributed by atoms with Crippen LogP contribution in [0.2, 0.25) is 0 Å². The number of benzene rings is 1. The lowest BCUT2D eigenvalue weighted by atomic mass is 10.00. The Labute approximate surface area is 123 Å². The zero-order valence-electron chi connectivity index (χ0n) is 12.4. The molecule has 114 valence electrons. The number of hydrogen-bond donors (Lipinski definition) is 0. The highest BCUT2D eigenvalue weighted by molar-refractivity contribution is 5.97. The number of carbonyl (C=O) groups is 2. The molecule has 0 bridgehead atoms. The van der Waals surface area contributed by atoms with Gasteiger partial charge in [0.05, 0.1) is 12.2 Å². The fourth-order valence-electron chi connectivity index (χ4n) is 2.63. The number of aryl methyl sites for hydroxylation is 1. The Morgan fingerprint density at radius 2 is 2.14 bits per heavy atom. The van der Waals surface area contributed by atoms with Crippen LogP contribution in [0.1, 0.15) is 42.1 Å². The Hall–Kier alpha value is -1.91. The third kappa shape index (κ3) is 3.23. The molecule has 1 aromatic carbocycles. The highest BCUT2D eigenvalue weighted by atomic mass is 19.1. The van der Waals surface area contributed by atoms with Gasteiger partial charge in [-0.1, -0.05) is 12.1 Å². The minimum absolute atomic E-state index is 0.0196. The lowest BCUT2D eigenvalue weighted by Crippen LogP contribution is -2.48. The van der Waals surface area contributed by atoms with Gasteiger partial charge in [0.15, 0.2) is 0 Å². The number of halogens is 1. The number of nitrogens with zero attached hydrogens (tertiary/aromatic N) is 1. The first-order chi connectivity index (χ1) is 10.1. The van der Waals surface area contributed by atoms with Gasteiger partial charge in [-0.05, 0) is 44.7 Å². The fraction of sp³-hybridized carbons (Fsp3) is 0.500. The third-order valence-corrected chi connectivity index (χ3v) is 3.74. The highest BCUT2D eigenvalue weighted by Crippen LogP contribution is 2.22. The van der Waals surface area contributed by atoms with Crippen LogP contribution in [0.5, 0.6) is 0 Å². The number of ether oxygens (including phenoxy) is 1. The first-order valence-electron chi connectivity index (χ1n) is 7.29. The highest BCUT2D eigenvalue weighted by Gasteiger charge is 2.34. The van der Waals surface area contributed by atoms with Crippen LogP contribution in [0.15, 0.2) is 18.2 Å². The van der Waals surface area contributed by atoms with E-state index in [1.54, 1.807) is 26.0 Å². The van der Waals surface area contributed by atoms with Crippen LogP contribution in [0.3, 0.4) is 0 Å². The molecule has 0 aliphatic carbocycles. The fourth-order valence-corrected chi connectivity index (χ4v) is 2.63. The van der Waals surface area contributed by atoms with Crippen LogP contribution in [0.4, 0.5) is 4.39 Å². The zero-order chi connectivity index (χ0) is 15.4. The summed E-state index contributed by atoms with van der Waals surface area (Å²) in [4.78, 5) is 26.0. The van der Waals surface area contributed by atoms with Crippen LogP contribution in [0, 0.1) is 12.7 Å². The van der Waals surface area contributed by atoms with Crippen molar-refractivity contribution in [2.45, 2.75) is 39.2 Å². The molecule has 2 rings (SSSR count). The van der Waals surface area contributed by atoms with E-state index < -0.39 is 23.7 Å². The first kappa shape index (κ1) is 15.5. The number of amides is 1. The monoisotopic (exact) mass is 293 g/mol. The molecule has 1 saturated heterocycles.